The van der Waals surface area contributed by atoms with E-state index in [2.05, 4.69) is 0 Å². The fourth-order valence-electron chi connectivity index (χ4n) is 4.35. The van der Waals surface area contributed by atoms with Crippen molar-refractivity contribution < 1.29 is 30.0 Å². The lowest BCUT2D eigenvalue weighted by Crippen LogP contribution is -2.51. The van der Waals surface area contributed by atoms with Gasteiger partial charge < -0.3 is 20.4 Å². The first-order chi connectivity index (χ1) is 13.3. The lowest BCUT2D eigenvalue weighted by molar-refractivity contribution is -0.161. The minimum atomic E-state index is -1.56. The zero-order valence-electron chi connectivity index (χ0n) is 15.4. The lowest BCUT2D eigenvalue weighted by Gasteiger charge is -2.45. The van der Waals surface area contributed by atoms with Crippen LogP contribution in [0.1, 0.15) is 48.6 Å². The second kappa shape index (κ2) is 7.73. The maximum atomic E-state index is 11.9. The minimum Gasteiger partial charge on any atom is -0.481 e. The molecule has 6 nitrogen and oxygen atoms in total. The van der Waals surface area contributed by atoms with Crippen molar-refractivity contribution in [2.45, 2.75) is 48.7 Å². The molecule has 2 atom stereocenters. The van der Waals surface area contributed by atoms with Crippen molar-refractivity contribution in [3.05, 3.63) is 71.8 Å². The molecule has 0 radical (unpaired) electrons. The van der Waals surface area contributed by atoms with Gasteiger partial charge in [0.25, 0.3) is 0 Å². The van der Waals surface area contributed by atoms with Crippen LogP contribution in [0.15, 0.2) is 60.7 Å². The molecule has 0 spiro atoms. The van der Waals surface area contributed by atoms with Gasteiger partial charge in [0.05, 0.1) is 11.2 Å². The van der Waals surface area contributed by atoms with E-state index in [1.165, 1.54) is 0 Å². The Morgan fingerprint density at radius 2 is 0.929 bits per heavy atom. The van der Waals surface area contributed by atoms with Gasteiger partial charge >= 0.3 is 11.9 Å². The Kier molecular flexibility index (Phi) is 5.54. The molecule has 4 N–H and O–H groups in total. The third kappa shape index (κ3) is 3.79. The molecule has 28 heavy (non-hydrogen) atoms. The van der Waals surface area contributed by atoms with E-state index in [0.29, 0.717) is 11.1 Å². The highest BCUT2D eigenvalue weighted by Crippen LogP contribution is 2.48. The molecule has 1 aliphatic rings. The van der Waals surface area contributed by atoms with Crippen LogP contribution in [0.5, 0.6) is 0 Å². The molecule has 0 aliphatic heterocycles. The van der Waals surface area contributed by atoms with Crippen LogP contribution in [0, 0.1) is 0 Å². The van der Waals surface area contributed by atoms with Gasteiger partial charge in [-0.3, -0.25) is 9.59 Å². The molecule has 0 bridgehead atoms. The molecule has 1 saturated carbocycles. The average molecular weight is 384 g/mol. The van der Waals surface area contributed by atoms with Crippen LogP contribution in [-0.4, -0.2) is 43.6 Å². The van der Waals surface area contributed by atoms with Gasteiger partial charge in [0.15, 0.2) is 0 Å². The zero-order valence-corrected chi connectivity index (χ0v) is 15.4. The molecular formula is C22H24O6. The van der Waals surface area contributed by atoms with Gasteiger partial charge in [0.1, 0.15) is 11.8 Å². The second-order valence-electron chi connectivity index (χ2n) is 7.57. The van der Waals surface area contributed by atoms with Gasteiger partial charge in [-0.05, 0) is 36.8 Å². The molecule has 148 valence electrons. The monoisotopic (exact) mass is 384 g/mol. The fourth-order valence-corrected chi connectivity index (χ4v) is 4.35. The Morgan fingerprint density at radius 1 is 0.643 bits per heavy atom. The van der Waals surface area contributed by atoms with Crippen molar-refractivity contribution in [1.82, 2.24) is 0 Å². The number of carbonyl (C=O) groups is 2. The summed E-state index contributed by atoms with van der Waals surface area (Å²) in [7, 11) is 0. The highest BCUT2D eigenvalue weighted by atomic mass is 16.4. The molecule has 3 rings (SSSR count). The molecule has 0 saturated heterocycles. The number of carboxylic acids is 2. The van der Waals surface area contributed by atoms with Crippen molar-refractivity contribution in [3.8, 4) is 0 Å². The van der Waals surface area contributed by atoms with Crippen molar-refractivity contribution in [2.24, 2.45) is 0 Å². The number of benzene rings is 2. The number of hydrogen-bond donors (Lipinski definition) is 4. The van der Waals surface area contributed by atoms with Crippen LogP contribution in [0.3, 0.4) is 0 Å². The van der Waals surface area contributed by atoms with Crippen LogP contribution in [-0.2, 0) is 9.59 Å². The molecular weight excluding hydrogens is 360 g/mol. The van der Waals surface area contributed by atoms with E-state index < -0.39 is 35.0 Å². The van der Waals surface area contributed by atoms with Crippen LogP contribution < -0.4 is 0 Å². The Balaban J connectivity index is 1.87. The van der Waals surface area contributed by atoms with E-state index in [1.807, 2.05) is 0 Å². The van der Waals surface area contributed by atoms with Crippen molar-refractivity contribution >= 4 is 11.9 Å². The highest BCUT2D eigenvalue weighted by molar-refractivity contribution is 5.79. The third-order valence-corrected chi connectivity index (χ3v) is 5.82. The Morgan fingerprint density at radius 3 is 1.18 bits per heavy atom. The smallest absolute Gasteiger partial charge is 0.313 e. The Bertz CT molecular complexity index is 753. The first-order valence-electron chi connectivity index (χ1n) is 9.27. The van der Waals surface area contributed by atoms with E-state index in [1.54, 1.807) is 60.7 Å². The van der Waals surface area contributed by atoms with Crippen molar-refractivity contribution in [3.63, 3.8) is 0 Å². The van der Waals surface area contributed by atoms with E-state index in [0.717, 1.165) is 0 Å². The number of carboxylic acid groups (broad SMARTS) is 2. The van der Waals surface area contributed by atoms with Crippen LogP contribution in [0.2, 0.25) is 0 Å². The average Bonchev–Trinajstić information content (AvgIpc) is 2.66. The summed E-state index contributed by atoms with van der Waals surface area (Å²) in [5.74, 6) is -4.56. The molecule has 0 aromatic heterocycles. The maximum Gasteiger partial charge on any atom is 0.313 e. The summed E-state index contributed by atoms with van der Waals surface area (Å²) in [6.45, 7) is 0. The zero-order chi connectivity index (χ0) is 20.4. The molecule has 0 amide bonds. The first-order valence-corrected chi connectivity index (χ1v) is 9.27. The minimum absolute atomic E-state index is 0.00796. The molecule has 2 aromatic rings. The van der Waals surface area contributed by atoms with Gasteiger partial charge in [-0.25, -0.2) is 0 Å². The quantitative estimate of drug-likeness (QED) is 0.609. The SMILES string of the molecule is O=C(O)[C@@H](c1ccccc1)C1(O)CCC(O)([C@@H](C(=O)O)c2ccccc2)CC1. The third-order valence-electron chi connectivity index (χ3n) is 5.82. The van der Waals surface area contributed by atoms with Gasteiger partial charge in [-0.1, -0.05) is 60.7 Å². The Labute approximate surface area is 163 Å². The van der Waals surface area contributed by atoms with Gasteiger partial charge in [-0.15, -0.1) is 0 Å². The number of aliphatic carboxylic acids is 2. The molecule has 6 heteroatoms. The number of rotatable bonds is 6. The number of aliphatic hydroxyl groups is 2. The Hall–Kier alpha value is -2.70. The van der Waals surface area contributed by atoms with Gasteiger partial charge in [0, 0.05) is 0 Å². The standard InChI is InChI=1S/C22H24O6/c23-19(24)17(15-7-3-1-4-8-15)21(27)11-13-22(28,14-12-21)18(20(25)26)16-9-5-2-6-10-16/h1-10,17-18,27-28H,11-14H2,(H,23,24)(H,25,26)/t17-,18-,21?,22?/m1/s1. The van der Waals surface area contributed by atoms with Crippen molar-refractivity contribution in [2.75, 3.05) is 0 Å². The summed E-state index contributed by atoms with van der Waals surface area (Å²) in [4.78, 5) is 23.8. The van der Waals surface area contributed by atoms with Crippen LogP contribution in [0.4, 0.5) is 0 Å². The summed E-state index contributed by atoms with van der Waals surface area (Å²) in [5.41, 5.74) is -2.14. The summed E-state index contributed by atoms with van der Waals surface area (Å²) < 4.78 is 0. The van der Waals surface area contributed by atoms with Crippen LogP contribution in [0.25, 0.3) is 0 Å². The van der Waals surface area contributed by atoms with Crippen molar-refractivity contribution in [1.29, 1.82) is 0 Å². The summed E-state index contributed by atoms with van der Waals surface area (Å²) >= 11 is 0. The van der Waals surface area contributed by atoms with E-state index >= 15 is 0 Å². The molecule has 0 heterocycles. The molecule has 0 unspecified atom stereocenters. The van der Waals surface area contributed by atoms with Gasteiger partial charge in [-0.2, -0.15) is 0 Å². The summed E-state index contributed by atoms with van der Waals surface area (Å²) in [5, 5.41) is 41.7. The normalized spacial score (nSPS) is 26.9. The molecule has 1 fully saturated rings. The topological polar surface area (TPSA) is 115 Å². The van der Waals surface area contributed by atoms with E-state index in [-0.39, 0.29) is 25.7 Å². The highest BCUT2D eigenvalue weighted by Gasteiger charge is 2.52. The molecule has 1 aliphatic carbocycles. The maximum absolute atomic E-state index is 11.9. The second-order valence-corrected chi connectivity index (χ2v) is 7.57. The van der Waals surface area contributed by atoms with E-state index in [4.69, 9.17) is 0 Å². The number of hydrogen-bond acceptors (Lipinski definition) is 4. The summed E-state index contributed by atoms with van der Waals surface area (Å²) in [6.07, 6.45) is -0.0318. The largest absolute Gasteiger partial charge is 0.481 e. The predicted molar refractivity (Wildman–Crippen MR) is 102 cm³/mol. The lowest BCUT2D eigenvalue weighted by atomic mass is 9.64. The van der Waals surface area contributed by atoms with E-state index in [9.17, 15) is 30.0 Å². The molecule has 2 aromatic carbocycles. The summed E-state index contributed by atoms with van der Waals surface area (Å²) in [6, 6.07) is 17.0. The first kappa shape index (κ1) is 20.0. The van der Waals surface area contributed by atoms with Gasteiger partial charge in [0.2, 0.25) is 0 Å². The predicted octanol–water partition coefficient (Wildman–Crippen LogP) is 2.76. The fraction of sp³-hybridized carbons (Fsp3) is 0.364. The van der Waals surface area contributed by atoms with Crippen LogP contribution >= 0.6 is 0 Å².